The van der Waals surface area contributed by atoms with Gasteiger partial charge in [-0.1, -0.05) is 6.07 Å². The van der Waals surface area contributed by atoms with Crippen molar-refractivity contribution in [2.45, 2.75) is 23.1 Å². The quantitative estimate of drug-likeness (QED) is 0.875. The van der Waals surface area contributed by atoms with E-state index in [0.717, 1.165) is 23.3 Å². The highest BCUT2D eigenvalue weighted by atomic mass is 32.2. The first-order chi connectivity index (χ1) is 10.0. The second-order valence-corrected chi connectivity index (χ2v) is 6.94. The Morgan fingerprint density at radius 2 is 1.95 bits per heavy atom. The lowest BCUT2D eigenvalue weighted by atomic mass is 10.2. The van der Waals surface area contributed by atoms with Crippen LogP contribution in [0.3, 0.4) is 0 Å². The Hall–Kier alpha value is -2.01. The minimum atomic E-state index is -3.61. The second kappa shape index (κ2) is 5.07. The summed E-state index contributed by atoms with van der Waals surface area (Å²) in [6, 6.07) is 10.1. The second-order valence-electron chi connectivity index (χ2n) is 5.03. The summed E-state index contributed by atoms with van der Waals surface area (Å²) in [5.41, 5.74) is 1.81. The molecule has 0 spiro atoms. The van der Waals surface area contributed by atoms with Gasteiger partial charge in [0.05, 0.1) is 18.6 Å². The fraction of sp³-hybridized carbons (Fsp3) is 0.250. The summed E-state index contributed by atoms with van der Waals surface area (Å²) in [5, 5.41) is 0. The lowest BCUT2D eigenvalue weighted by molar-refractivity contribution is 0.356. The normalized spacial score (nSPS) is 13.6. The van der Waals surface area contributed by atoms with Gasteiger partial charge in [-0.25, -0.2) is 8.42 Å². The molecule has 0 saturated heterocycles. The predicted molar refractivity (Wildman–Crippen MR) is 78.8 cm³/mol. The van der Waals surface area contributed by atoms with Crippen LogP contribution in [0.25, 0.3) is 0 Å². The van der Waals surface area contributed by atoms with Gasteiger partial charge in [0, 0.05) is 6.42 Å². The van der Waals surface area contributed by atoms with E-state index in [1.54, 1.807) is 30.3 Å². The van der Waals surface area contributed by atoms with Gasteiger partial charge in [-0.3, -0.25) is 0 Å². The third kappa shape index (κ3) is 2.38. The van der Waals surface area contributed by atoms with E-state index in [9.17, 15) is 8.42 Å². The van der Waals surface area contributed by atoms with Crippen LogP contribution < -0.4 is 9.47 Å². The summed E-state index contributed by atoms with van der Waals surface area (Å²) in [4.78, 5) is 0.472. The molecule has 0 unspecified atom stereocenters. The summed E-state index contributed by atoms with van der Waals surface area (Å²) >= 11 is 0. The highest BCUT2D eigenvalue weighted by Crippen LogP contribution is 2.33. The lowest BCUT2D eigenvalue weighted by Crippen LogP contribution is -2.05. The maximum absolute atomic E-state index is 12.8. The van der Waals surface area contributed by atoms with Crippen LogP contribution in [0.1, 0.15) is 11.1 Å². The zero-order valence-electron chi connectivity index (χ0n) is 11.9. The van der Waals surface area contributed by atoms with Crippen LogP contribution in [0.2, 0.25) is 0 Å². The molecule has 1 heterocycles. The van der Waals surface area contributed by atoms with Crippen LogP contribution in [0.5, 0.6) is 11.5 Å². The molecule has 2 aromatic carbocycles. The molecule has 0 radical (unpaired) electrons. The van der Waals surface area contributed by atoms with E-state index in [0.29, 0.717) is 12.4 Å². The fourth-order valence-corrected chi connectivity index (χ4v) is 4.01. The molecule has 0 aromatic heterocycles. The number of fused-ring (bicyclic) bond motifs is 1. The van der Waals surface area contributed by atoms with E-state index in [1.165, 1.54) is 7.11 Å². The van der Waals surface area contributed by atoms with Crippen LogP contribution in [0.4, 0.5) is 0 Å². The SMILES string of the molecule is COc1ccc(C)cc1S(=O)(=O)c1ccc2c(c1)CCO2. The molecule has 0 bridgehead atoms. The van der Waals surface area contributed by atoms with Crippen molar-refractivity contribution in [2.75, 3.05) is 13.7 Å². The van der Waals surface area contributed by atoms with Gasteiger partial charge in [0.15, 0.2) is 0 Å². The Labute approximate surface area is 124 Å². The number of ether oxygens (including phenoxy) is 2. The number of methoxy groups -OCH3 is 1. The number of sulfone groups is 1. The van der Waals surface area contributed by atoms with Crippen LogP contribution in [-0.2, 0) is 16.3 Å². The van der Waals surface area contributed by atoms with Gasteiger partial charge in [0.1, 0.15) is 16.4 Å². The largest absolute Gasteiger partial charge is 0.495 e. The van der Waals surface area contributed by atoms with Crippen molar-refractivity contribution in [2.24, 2.45) is 0 Å². The number of hydrogen-bond donors (Lipinski definition) is 0. The van der Waals surface area contributed by atoms with Gasteiger partial charge < -0.3 is 9.47 Å². The first kappa shape index (κ1) is 13.9. The van der Waals surface area contributed by atoms with Crippen LogP contribution >= 0.6 is 0 Å². The molecule has 1 aliphatic rings. The Kier molecular flexibility index (Phi) is 3.37. The van der Waals surface area contributed by atoms with E-state index in [-0.39, 0.29) is 9.79 Å². The van der Waals surface area contributed by atoms with Gasteiger partial charge in [-0.15, -0.1) is 0 Å². The van der Waals surface area contributed by atoms with E-state index in [4.69, 9.17) is 9.47 Å². The molecule has 0 fully saturated rings. The third-order valence-electron chi connectivity index (χ3n) is 3.58. The maximum Gasteiger partial charge on any atom is 0.210 e. The molecule has 5 heteroatoms. The fourth-order valence-electron chi connectivity index (χ4n) is 2.45. The average Bonchev–Trinajstić information content (AvgIpc) is 2.94. The van der Waals surface area contributed by atoms with Crippen LogP contribution in [0, 0.1) is 6.92 Å². The van der Waals surface area contributed by atoms with Crippen molar-refractivity contribution in [1.29, 1.82) is 0 Å². The summed E-state index contributed by atoms with van der Waals surface area (Å²) in [6.45, 7) is 2.46. The Morgan fingerprint density at radius 1 is 1.14 bits per heavy atom. The smallest absolute Gasteiger partial charge is 0.210 e. The molecule has 4 nitrogen and oxygen atoms in total. The molecule has 110 valence electrons. The van der Waals surface area contributed by atoms with E-state index >= 15 is 0 Å². The zero-order chi connectivity index (χ0) is 15.0. The third-order valence-corrected chi connectivity index (χ3v) is 5.35. The molecule has 0 atom stereocenters. The molecule has 2 aromatic rings. The van der Waals surface area contributed by atoms with Crippen LogP contribution in [-0.4, -0.2) is 22.1 Å². The first-order valence-corrected chi connectivity index (χ1v) is 8.16. The number of hydrogen-bond acceptors (Lipinski definition) is 4. The molecule has 21 heavy (non-hydrogen) atoms. The number of aryl methyl sites for hydroxylation is 1. The molecule has 0 aliphatic carbocycles. The number of benzene rings is 2. The van der Waals surface area contributed by atoms with E-state index in [2.05, 4.69) is 0 Å². The highest BCUT2D eigenvalue weighted by molar-refractivity contribution is 7.91. The minimum Gasteiger partial charge on any atom is -0.495 e. The molecular formula is C16H16O4S. The van der Waals surface area contributed by atoms with E-state index < -0.39 is 9.84 Å². The minimum absolute atomic E-state index is 0.198. The first-order valence-electron chi connectivity index (χ1n) is 6.68. The molecular weight excluding hydrogens is 288 g/mol. The summed E-state index contributed by atoms with van der Waals surface area (Å²) in [5.74, 6) is 1.13. The Bertz CT molecular complexity index is 794. The zero-order valence-corrected chi connectivity index (χ0v) is 12.7. The van der Waals surface area contributed by atoms with Gasteiger partial charge >= 0.3 is 0 Å². The van der Waals surface area contributed by atoms with Crippen molar-refractivity contribution in [3.8, 4) is 11.5 Å². The van der Waals surface area contributed by atoms with Crippen molar-refractivity contribution in [3.05, 3.63) is 47.5 Å². The molecule has 3 rings (SSSR count). The average molecular weight is 304 g/mol. The Balaban J connectivity index is 2.15. The van der Waals surface area contributed by atoms with Gasteiger partial charge in [0.2, 0.25) is 9.84 Å². The van der Waals surface area contributed by atoms with Crippen molar-refractivity contribution in [3.63, 3.8) is 0 Å². The molecule has 0 N–H and O–H groups in total. The van der Waals surface area contributed by atoms with Crippen molar-refractivity contribution >= 4 is 9.84 Å². The van der Waals surface area contributed by atoms with E-state index in [1.807, 2.05) is 13.0 Å². The van der Waals surface area contributed by atoms with Gasteiger partial charge in [-0.05, 0) is 48.4 Å². The van der Waals surface area contributed by atoms with Gasteiger partial charge in [0.25, 0.3) is 0 Å². The lowest BCUT2D eigenvalue weighted by Gasteiger charge is -2.11. The molecule has 1 aliphatic heterocycles. The standard InChI is InChI=1S/C16H16O4S/c1-11-3-5-15(19-2)16(9-11)21(17,18)13-4-6-14-12(10-13)7-8-20-14/h3-6,9-10H,7-8H2,1-2H3. The van der Waals surface area contributed by atoms with Crippen LogP contribution in [0.15, 0.2) is 46.2 Å². The predicted octanol–water partition coefficient (Wildman–Crippen LogP) is 2.77. The van der Waals surface area contributed by atoms with Gasteiger partial charge in [-0.2, -0.15) is 0 Å². The summed E-state index contributed by atoms with van der Waals surface area (Å²) < 4.78 is 36.3. The topological polar surface area (TPSA) is 52.6 Å². The highest BCUT2D eigenvalue weighted by Gasteiger charge is 2.24. The van der Waals surface area contributed by atoms with Crippen molar-refractivity contribution in [1.82, 2.24) is 0 Å². The van der Waals surface area contributed by atoms with Crippen molar-refractivity contribution < 1.29 is 17.9 Å². The maximum atomic E-state index is 12.8. The summed E-state index contributed by atoms with van der Waals surface area (Å²) in [7, 11) is -2.13. The summed E-state index contributed by atoms with van der Waals surface area (Å²) in [6.07, 6.45) is 0.740. The Morgan fingerprint density at radius 3 is 2.71 bits per heavy atom. The molecule has 0 saturated carbocycles. The number of rotatable bonds is 3. The molecule has 0 amide bonds. The monoisotopic (exact) mass is 304 g/mol.